The first-order valence-corrected chi connectivity index (χ1v) is 7.87. The SMILES string of the molecule is O=C(Cn1nc2c(cc1=O)NCCC2)N1CCCCCC1. The lowest BCUT2D eigenvalue weighted by molar-refractivity contribution is -0.132. The van der Waals surface area contributed by atoms with Gasteiger partial charge in [0, 0.05) is 25.7 Å². The van der Waals surface area contributed by atoms with E-state index in [1.54, 1.807) is 6.07 Å². The van der Waals surface area contributed by atoms with Crippen LogP contribution in [-0.2, 0) is 17.8 Å². The van der Waals surface area contributed by atoms with Crippen molar-refractivity contribution >= 4 is 11.6 Å². The molecule has 1 saturated heterocycles. The third-order valence-electron chi connectivity index (χ3n) is 4.22. The number of hydrogen-bond donors (Lipinski definition) is 1. The first-order chi connectivity index (χ1) is 10.2. The predicted molar refractivity (Wildman–Crippen MR) is 80.4 cm³/mol. The lowest BCUT2D eigenvalue weighted by Gasteiger charge is -2.21. The summed E-state index contributed by atoms with van der Waals surface area (Å²) in [6.07, 6.45) is 6.36. The van der Waals surface area contributed by atoms with E-state index in [1.165, 1.54) is 17.5 Å². The molecule has 114 valence electrons. The summed E-state index contributed by atoms with van der Waals surface area (Å²) in [7, 11) is 0. The maximum Gasteiger partial charge on any atom is 0.269 e. The lowest BCUT2D eigenvalue weighted by Crippen LogP contribution is -2.38. The molecule has 0 aromatic carbocycles. The van der Waals surface area contributed by atoms with Crippen LogP contribution < -0.4 is 10.9 Å². The topological polar surface area (TPSA) is 67.2 Å². The van der Waals surface area contributed by atoms with Crippen molar-refractivity contribution in [1.82, 2.24) is 14.7 Å². The molecule has 1 N–H and O–H groups in total. The average Bonchev–Trinajstić information content (AvgIpc) is 2.77. The number of likely N-dealkylation sites (tertiary alicyclic amines) is 1. The zero-order chi connectivity index (χ0) is 14.7. The van der Waals surface area contributed by atoms with Gasteiger partial charge < -0.3 is 10.2 Å². The summed E-state index contributed by atoms with van der Waals surface area (Å²) < 4.78 is 1.32. The van der Waals surface area contributed by atoms with Gasteiger partial charge in [-0.3, -0.25) is 9.59 Å². The van der Waals surface area contributed by atoms with Gasteiger partial charge in [0.1, 0.15) is 6.54 Å². The molecular formula is C15H22N4O2. The fourth-order valence-corrected chi connectivity index (χ4v) is 3.01. The molecule has 1 amide bonds. The number of nitrogens with one attached hydrogen (secondary N) is 1. The van der Waals surface area contributed by atoms with Gasteiger partial charge in [-0.2, -0.15) is 5.10 Å². The largest absolute Gasteiger partial charge is 0.383 e. The van der Waals surface area contributed by atoms with Gasteiger partial charge in [0.15, 0.2) is 0 Å². The second kappa shape index (κ2) is 6.28. The number of carbonyl (C=O) groups excluding carboxylic acids is 1. The van der Waals surface area contributed by atoms with Crippen molar-refractivity contribution in [3.8, 4) is 0 Å². The van der Waals surface area contributed by atoms with Crippen molar-refractivity contribution in [2.24, 2.45) is 0 Å². The van der Waals surface area contributed by atoms with Crippen LogP contribution in [0.25, 0.3) is 0 Å². The molecule has 0 radical (unpaired) electrons. The van der Waals surface area contributed by atoms with E-state index in [2.05, 4.69) is 10.4 Å². The van der Waals surface area contributed by atoms with Gasteiger partial charge in [0.25, 0.3) is 5.56 Å². The van der Waals surface area contributed by atoms with Gasteiger partial charge in [0.2, 0.25) is 5.91 Å². The van der Waals surface area contributed by atoms with E-state index in [0.717, 1.165) is 56.7 Å². The summed E-state index contributed by atoms with van der Waals surface area (Å²) in [5, 5.41) is 7.55. The summed E-state index contributed by atoms with van der Waals surface area (Å²) in [6, 6.07) is 1.57. The molecule has 0 bridgehead atoms. The molecule has 2 aliphatic rings. The molecule has 0 atom stereocenters. The Morgan fingerprint density at radius 1 is 1.19 bits per heavy atom. The molecular weight excluding hydrogens is 268 g/mol. The van der Waals surface area contributed by atoms with E-state index < -0.39 is 0 Å². The Bertz CT molecular complexity index is 574. The van der Waals surface area contributed by atoms with Crippen LogP contribution in [0.1, 0.15) is 37.8 Å². The summed E-state index contributed by atoms with van der Waals surface area (Å²) in [5.41, 5.74) is 1.51. The minimum Gasteiger partial charge on any atom is -0.383 e. The molecule has 21 heavy (non-hydrogen) atoms. The maximum atomic E-state index is 12.4. The molecule has 1 fully saturated rings. The Hall–Kier alpha value is -1.85. The Balaban J connectivity index is 1.74. The lowest BCUT2D eigenvalue weighted by atomic mass is 10.1. The second-order valence-electron chi connectivity index (χ2n) is 5.83. The van der Waals surface area contributed by atoms with E-state index >= 15 is 0 Å². The van der Waals surface area contributed by atoms with E-state index in [1.807, 2.05) is 4.90 Å². The molecule has 2 aliphatic heterocycles. The highest BCUT2D eigenvalue weighted by atomic mass is 16.2. The molecule has 1 aromatic heterocycles. The van der Waals surface area contributed by atoms with Crippen LogP contribution in [0, 0.1) is 0 Å². The maximum absolute atomic E-state index is 12.4. The third kappa shape index (κ3) is 3.25. The van der Waals surface area contributed by atoms with E-state index in [4.69, 9.17) is 0 Å². The van der Waals surface area contributed by atoms with Crippen LogP contribution in [0.5, 0.6) is 0 Å². The second-order valence-corrected chi connectivity index (χ2v) is 5.83. The normalized spacial score (nSPS) is 18.6. The number of amides is 1. The minimum atomic E-state index is -0.202. The summed E-state index contributed by atoms with van der Waals surface area (Å²) in [6.45, 7) is 2.55. The van der Waals surface area contributed by atoms with Gasteiger partial charge in [0.05, 0.1) is 11.4 Å². The van der Waals surface area contributed by atoms with Gasteiger partial charge >= 0.3 is 0 Å². The van der Waals surface area contributed by atoms with E-state index in [0.29, 0.717) is 0 Å². The quantitative estimate of drug-likeness (QED) is 0.882. The number of carbonyl (C=O) groups is 1. The fraction of sp³-hybridized carbons (Fsp3) is 0.667. The zero-order valence-electron chi connectivity index (χ0n) is 12.3. The smallest absolute Gasteiger partial charge is 0.269 e. The molecule has 0 saturated carbocycles. The Morgan fingerprint density at radius 2 is 1.95 bits per heavy atom. The highest BCUT2D eigenvalue weighted by Gasteiger charge is 2.18. The number of hydrogen-bond acceptors (Lipinski definition) is 4. The number of anilines is 1. The van der Waals surface area contributed by atoms with Crippen LogP contribution in [0.3, 0.4) is 0 Å². The van der Waals surface area contributed by atoms with Gasteiger partial charge in [-0.25, -0.2) is 4.68 Å². The number of fused-ring (bicyclic) bond motifs is 1. The van der Waals surface area contributed by atoms with E-state index in [-0.39, 0.29) is 18.0 Å². The van der Waals surface area contributed by atoms with Crippen molar-refractivity contribution in [1.29, 1.82) is 0 Å². The van der Waals surface area contributed by atoms with Crippen molar-refractivity contribution in [2.45, 2.75) is 45.1 Å². The predicted octanol–water partition coefficient (Wildman–Crippen LogP) is 1.00. The Kier molecular flexibility index (Phi) is 4.22. The first kappa shape index (κ1) is 14.1. The Morgan fingerprint density at radius 3 is 2.71 bits per heavy atom. The molecule has 6 heteroatoms. The number of rotatable bonds is 2. The van der Waals surface area contributed by atoms with Crippen LogP contribution >= 0.6 is 0 Å². The van der Waals surface area contributed by atoms with Crippen molar-refractivity contribution in [3.63, 3.8) is 0 Å². The van der Waals surface area contributed by atoms with Crippen LogP contribution in [0.2, 0.25) is 0 Å². The highest BCUT2D eigenvalue weighted by Crippen LogP contribution is 2.16. The molecule has 1 aromatic rings. The monoisotopic (exact) mass is 290 g/mol. The molecule has 0 aliphatic carbocycles. The van der Waals surface area contributed by atoms with Gasteiger partial charge in [-0.1, -0.05) is 12.8 Å². The van der Waals surface area contributed by atoms with Gasteiger partial charge in [-0.15, -0.1) is 0 Å². The summed E-state index contributed by atoms with van der Waals surface area (Å²) in [5.74, 6) is 0.00946. The van der Waals surface area contributed by atoms with Crippen molar-refractivity contribution in [2.75, 3.05) is 25.0 Å². The average molecular weight is 290 g/mol. The molecule has 0 unspecified atom stereocenters. The van der Waals surface area contributed by atoms with Crippen LogP contribution in [-0.4, -0.2) is 40.2 Å². The molecule has 3 rings (SSSR count). The number of aryl methyl sites for hydroxylation is 1. The molecule has 0 spiro atoms. The summed E-state index contributed by atoms with van der Waals surface area (Å²) >= 11 is 0. The van der Waals surface area contributed by atoms with E-state index in [9.17, 15) is 9.59 Å². The molecule has 6 nitrogen and oxygen atoms in total. The Labute approximate surface area is 124 Å². The van der Waals surface area contributed by atoms with Crippen LogP contribution in [0.15, 0.2) is 10.9 Å². The minimum absolute atomic E-state index is 0.00946. The van der Waals surface area contributed by atoms with Crippen LogP contribution in [0.4, 0.5) is 5.69 Å². The van der Waals surface area contributed by atoms with Gasteiger partial charge in [-0.05, 0) is 25.7 Å². The zero-order valence-corrected chi connectivity index (χ0v) is 12.3. The molecule has 3 heterocycles. The summed E-state index contributed by atoms with van der Waals surface area (Å²) in [4.78, 5) is 26.3. The number of aromatic nitrogens is 2. The first-order valence-electron chi connectivity index (χ1n) is 7.87. The standard InChI is InChI=1S/C15H22N4O2/c20-14-10-13-12(6-5-7-16-13)17-19(14)11-15(21)18-8-3-1-2-4-9-18/h10,16H,1-9,11H2. The number of nitrogens with zero attached hydrogens (tertiary/aromatic N) is 3. The van der Waals surface area contributed by atoms with Crippen molar-refractivity contribution < 1.29 is 4.79 Å². The highest BCUT2D eigenvalue weighted by molar-refractivity contribution is 5.75. The van der Waals surface area contributed by atoms with Crippen molar-refractivity contribution in [3.05, 3.63) is 22.1 Å². The fourth-order valence-electron chi connectivity index (χ4n) is 3.01. The third-order valence-corrected chi connectivity index (χ3v) is 4.22.